The molecule has 1 saturated heterocycles. The van der Waals surface area contributed by atoms with Crippen LogP contribution in [0.1, 0.15) is 16.8 Å². The summed E-state index contributed by atoms with van der Waals surface area (Å²) in [6, 6.07) is 7.28. The van der Waals surface area contributed by atoms with Crippen LogP contribution in [0.4, 0.5) is 10.1 Å². The van der Waals surface area contributed by atoms with Gasteiger partial charge in [0.1, 0.15) is 12.5 Å². The lowest BCUT2D eigenvalue weighted by molar-refractivity contribution is 0.112. The lowest BCUT2D eigenvalue weighted by Gasteiger charge is -2.17. The number of halogens is 1. The molecule has 0 bridgehead atoms. The molecule has 3 heteroatoms. The molecular weight excluding hydrogens is 181 g/mol. The maximum atomic E-state index is 12.9. The molecule has 1 unspecified atom stereocenters. The summed E-state index contributed by atoms with van der Waals surface area (Å²) in [6.45, 7) is 1.19. The fourth-order valence-corrected chi connectivity index (χ4v) is 1.75. The minimum Gasteiger partial charge on any atom is -0.368 e. The molecule has 14 heavy (non-hydrogen) atoms. The highest BCUT2D eigenvalue weighted by Crippen LogP contribution is 2.22. The second-order valence-electron chi connectivity index (χ2n) is 3.54. The van der Waals surface area contributed by atoms with Crippen molar-refractivity contribution in [2.24, 2.45) is 0 Å². The molecule has 0 aliphatic carbocycles. The Kier molecular flexibility index (Phi) is 2.48. The van der Waals surface area contributed by atoms with Crippen LogP contribution in [-0.4, -0.2) is 25.5 Å². The second-order valence-corrected chi connectivity index (χ2v) is 3.54. The third-order valence-corrected chi connectivity index (χ3v) is 2.50. The molecule has 0 amide bonds. The summed E-state index contributed by atoms with van der Waals surface area (Å²) in [7, 11) is 0. The minimum atomic E-state index is -0.727. The number of aldehydes is 1. The molecule has 1 fully saturated rings. The first kappa shape index (κ1) is 9.19. The zero-order valence-corrected chi connectivity index (χ0v) is 7.82. The van der Waals surface area contributed by atoms with Gasteiger partial charge in [0, 0.05) is 24.3 Å². The van der Waals surface area contributed by atoms with Gasteiger partial charge in [-0.25, -0.2) is 4.39 Å². The topological polar surface area (TPSA) is 20.3 Å². The molecular formula is C11H12FNO. The van der Waals surface area contributed by atoms with Crippen molar-refractivity contribution < 1.29 is 9.18 Å². The van der Waals surface area contributed by atoms with Gasteiger partial charge >= 0.3 is 0 Å². The number of alkyl halides is 1. The molecule has 0 radical (unpaired) electrons. The highest BCUT2D eigenvalue weighted by Gasteiger charge is 2.21. The van der Waals surface area contributed by atoms with E-state index in [1.54, 1.807) is 12.1 Å². The number of carbonyl (C=O) groups excluding carboxylic acids is 1. The lowest BCUT2D eigenvalue weighted by Crippen LogP contribution is -2.19. The van der Waals surface area contributed by atoms with E-state index in [-0.39, 0.29) is 0 Å². The third-order valence-electron chi connectivity index (χ3n) is 2.50. The number of anilines is 1. The number of nitrogens with zero attached hydrogens (tertiary/aromatic N) is 1. The highest BCUT2D eigenvalue weighted by atomic mass is 19.1. The quantitative estimate of drug-likeness (QED) is 0.670. The van der Waals surface area contributed by atoms with Crippen molar-refractivity contribution in [3.8, 4) is 0 Å². The van der Waals surface area contributed by atoms with Gasteiger partial charge in [0.25, 0.3) is 0 Å². The monoisotopic (exact) mass is 193 g/mol. The van der Waals surface area contributed by atoms with E-state index in [0.29, 0.717) is 18.5 Å². The SMILES string of the molecule is O=Cc1cccc(N2CCC(F)C2)c1. The molecule has 1 heterocycles. The molecule has 0 aromatic heterocycles. The Hall–Kier alpha value is -1.38. The second kappa shape index (κ2) is 3.78. The lowest BCUT2D eigenvalue weighted by atomic mass is 10.2. The van der Waals surface area contributed by atoms with Crippen LogP contribution in [0.3, 0.4) is 0 Å². The molecule has 2 rings (SSSR count). The van der Waals surface area contributed by atoms with Crippen molar-refractivity contribution in [3.63, 3.8) is 0 Å². The van der Waals surface area contributed by atoms with Gasteiger partial charge in [-0.3, -0.25) is 4.79 Å². The predicted molar refractivity (Wildman–Crippen MR) is 53.6 cm³/mol. The van der Waals surface area contributed by atoms with Gasteiger partial charge in [-0.2, -0.15) is 0 Å². The maximum Gasteiger partial charge on any atom is 0.150 e. The highest BCUT2D eigenvalue weighted by molar-refractivity contribution is 5.77. The first-order valence-electron chi connectivity index (χ1n) is 4.74. The Bertz CT molecular complexity index is 340. The molecule has 0 spiro atoms. The van der Waals surface area contributed by atoms with Gasteiger partial charge < -0.3 is 4.90 Å². The molecule has 0 N–H and O–H groups in total. The van der Waals surface area contributed by atoms with Gasteiger partial charge in [0.15, 0.2) is 0 Å². The first-order valence-corrected chi connectivity index (χ1v) is 4.74. The third kappa shape index (κ3) is 1.76. The average molecular weight is 193 g/mol. The van der Waals surface area contributed by atoms with E-state index in [9.17, 15) is 9.18 Å². The molecule has 0 saturated carbocycles. The van der Waals surface area contributed by atoms with Crippen LogP contribution in [-0.2, 0) is 0 Å². The Balaban J connectivity index is 2.19. The van der Waals surface area contributed by atoms with E-state index in [0.717, 1.165) is 18.5 Å². The molecule has 1 aliphatic heterocycles. The molecule has 1 aromatic carbocycles. The summed E-state index contributed by atoms with van der Waals surface area (Å²) < 4.78 is 12.9. The van der Waals surface area contributed by atoms with Gasteiger partial charge in [0.05, 0.1) is 0 Å². The molecule has 1 aromatic rings. The zero-order valence-electron chi connectivity index (χ0n) is 7.82. The zero-order chi connectivity index (χ0) is 9.97. The normalized spacial score (nSPS) is 21.2. The van der Waals surface area contributed by atoms with Crippen molar-refractivity contribution in [2.75, 3.05) is 18.0 Å². The number of rotatable bonds is 2. The predicted octanol–water partition coefficient (Wildman–Crippen LogP) is 2.05. The van der Waals surface area contributed by atoms with Gasteiger partial charge in [0.2, 0.25) is 0 Å². The maximum absolute atomic E-state index is 12.9. The minimum absolute atomic E-state index is 0.447. The van der Waals surface area contributed by atoms with Gasteiger partial charge in [-0.05, 0) is 18.6 Å². The van der Waals surface area contributed by atoms with Gasteiger partial charge in [-0.15, -0.1) is 0 Å². The summed E-state index contributed by atoms with van der Waals surface area (Å²) in [5.41, 5.74) is 1.58. The van der Waals surface area contributed by atoms with Crippen LogP contribution >= 0.6 is 0 Å². The largest absolute Gasteiger partial charge is 0.368 e. The number of benzene rings is 1. The molecule has 1 aliphatic rings. The van der Waals surface area contributed by atoms with Gasteiger partial charge in [-0.1, -0.05) is 12.1 Å². The van der Waals surface area contributed by atoms with Crippen LogP contribution in [0.15, 0.2) is 24.3 Å². The van der Waals surface area contributed by atoms with Crippen molar-refractivity contribution in [1.82, 2.24) is 0 Å². The van der Waals surface area contributed by atoms with Crippen LogP contribution in [0.5, 0.6) is 0 Å². The summed E-state index contributed by atoms with van der Waals surface area (Å²) in [5, 5.41) is 0. The van der Waals surface area contributed by atoms with E-state index >= 15 is 0 Å². The van der Waals surface area contributed by atoms with Crippen molar-refractivity contribution in [3.05, 3.63) is 29.8 Å². The van der Waals surface area contributed by atoms with E-state index in [4.69, 9.17) is 0 Å². The fraction of sp³-hybridized carbons (Fsp3) is 0.364. The Morgan fingerprint density at radius 2 is 2.36 bits per heavy atom. The van der Waals surface area contributed by atoms with Crippen molar-refractivity contribution >= 4 is 12.0 Å². The van der Waals surface area contributed by atoms with Crippen LogP contribution in [0.25, 0.3) is 0 Å². The van der Waals surface area contributed by atoms with E-state index in [1.165, 1.54) is 0 Å². The van der Waals surface area contributed by atoms with E-state index < -0.39 is 6.17 Å². The van der Waals surface area contributed by atoms with Crippen molar-refractivity contribution in [1.29, 1.82) is 0 Å². The standard InChI is InChI=1S/C11H12FNO/c12-10-4-5-13(7-10)11-3-1-2-9(6-11)8-14/h1-3,6,8,10H,4-5,7H2. The molecule has 74 valence electrons. The molecule has 2 nitrogen and oxygen atoms in total. The van der Waals surface area contributed by atoms with Crippen LogP contribution in [0.2, 0.25) is 0 Å². The number of carbonyl (C=O) groups is 1. The number of hydrogen-bond acceptors (Lipinski definition) is 2. The van der Waals surface area contributed by atoms with Crippen LogP contribution < -0.4 is 4.90 Å². The van der Waals surface area contributed by atoms with Crippen molar-refractivity contribution in [2.45, 2.75) is 12.6 Å². The summed E-state index contributed by atoms with van der Waals surface area (Å²) >= 11 is 0. The fourth-order valence-electron chi connectivity index (χ4n) is 1.75. The summed E-state index contributed by atoms with van der Waals surface area (Å²) in [5.74, 6) is 0. The summed E-state index contributed by atoms with van der Waals surface area (Å²) in [6.07, 6.45) is 0.674. The Labute approximate surface area is 82.3 Å². The van der Waals surface area contributed by atoms with E-state index in [1.807, 2.05) is 17.0 Å². The Morgan fingerprint density at radius 1 is 1.50 bits per heavy atom. The average Bonchev–Trinajstić information content (AvgIpc) is 2.65. The first-order chi connectivity index (χ1) is 6.79. The summed E-state index contributed by atoms with van der Waals surface area (Å²) in [4.78, 5) is 12.5. The number of hydrogen-bond donors (Lipinski definition) is 0. The van der Waals surface area contributed by atoms with Crippen LogP contribution in [0, 0.1) is 0 Å². The Morgan fingerprint density at radius 3 is 3.00 bits per heavy atom. The van der Waals surface area contributed by atoms with E-state index in [2.05, 4.69) is 0 Å². The molecule has 1 atom stereocenters. The smallest absolute Gasteiger partial charge is 0.150 e.